The second-order valence-corrected chi connectivity index (χ2v) is 14.3. The van der Waals surface area contributed by atoms with Crippen molar-refractivity contribution in [3.8, 4) is 22.4 Å². The van der Waals surface area contributed by atoms with Crippen LogP contribution in [0.3, 0.4) is 0 Å². The number of hydrogen-bond donors (Lipinski definition) is 3. The summed E-state index contributed by atoms with van der Waals surface area (Å²) >= 11 is 0. The number of rotatable bonds is 9. The summed E-state index contributed by atoms with van der Waals surface area (Å²) in [4.78, 5) is 66.9. The fraction of sp³-hybridized carbons (Fsp3) is 0.450. The van der Waals surface area contributed by atoms with E-state index in [1.807, 2.05) is 11.1 Å². The van der Waals surface area contributed by atoms with Crippen LogP contribution in [0.15, 0.2) is 65.9 Å². The molecule has 3 aliphatic heterocycles. The Balaban J connectivity index is 0.952. The molecule has 0 radical (unpaired) electrons. The lowest BCUT2D eigenvalue weighted by molar-refractivity contribution is -0.136. The molecule has 4 amide bonds. The van der Waals surface area contributed by atoms with Gasteiger partial charge in [-0.1, -0.05) is 55.0 Å². The van der Waals surface area contributed by atoms with Gasteiger partial charge in [-0.2, -0.15) is 0 Å². The van der Waals surface area contributed by atoms with Crippen LogP contribution in [0.4, 0.5) is 9.59 Å². The van der Waals surface area contributed by atoms with Crippen molar-refractivity contribution in [2.24, 2.45) is 10.9 Å². The maximum Gasteiger partial charge on any atom is 0.407 e. The average Bonchev–Trinajstić information content (AvgIpc) is 4.04. The quantitative estimate of drug-likeness (QED) is 0.250. The Hall–Kier alpha value is -5.46. The number of ether oxygens (including phenoxy) is 2. The number of carbonyl (C=O) groups excluding carboxylic acids is 4. The number of hydrogen-bond acceptors (Lipinski definition) is 8. The van der Waals surface area contributed by atoms with Crippen molar-refractivity contribution in [3.63, 3.8) is 0 Å². The number of nitrogens with zero attached hydrogens (tertiary/aromatic N) is 4. The maximum absolute atomic E-state index is 13.7. The van der Waals surface area contributed by atoms with Gasteiger partial charge >= 0.3 is 12.2 Å². The average molecular weight is 722 g/mol. The molecule has 1 aromatic heterocycles. The molecule has 0 bridgehead atoms. The normalized spacial score (nSPS) is 23.0. The molecule has 3 fully saturated rings. The number of imidazole rings is 1. The molecule has 2 saturated heterocycles. The van der Waals surface area contributed by atoms with Gasteiger partial charge in [-0.3, -0.25) is 14.6 Å². The molecule has 2 aromatic carbocycles. The molecule has 4 aliphatic rings. The second-order valence-electron chi connectivity index (χ2n) is 14.3. The number of alkyl carbamates (subject to hydrolysis) is 2. The van der Waals surface area contributed by atoms with Crippen molar-refractivity contribution >= 4 is 35.3 Å². The highest BCUT2D eigenvalue weighted by atomic mass is 16.5. The number of aromatic nitrogens is 2. The highest BCUT2D eigenvalue weighted by Crippen LogP contribution is 2.36. The minimum atomic E-state index is -0.699. The monoisotopic (exact) mass is 721 g/mol. The van der Waals surface area contributed by atoms with Gasteiger partial charge in [-0.25, -0.2) is 14.6 Å². The zero-order valence-corrected chi connectivity index (χ0v) is 30.5. The number of likely N-dealkylation sites (tertiary alicyclic amines) is 2. The van der Waals surface area contributed by atoms with Crippen LogP contribution in [-0.4, -0.2) is 94.9 Å². The van der Waals surface area contributed by atoms with Crippen LogP contribution in [0.5, 0.6) is 0 Å². The van der Waals surface area contributed by atoms with Crippen LogP contribution in [0, 0.1) is 5.92 Å². The SMILES string of the molecule is COC(=O)N[C@@H](C)C(=O)N1CCC[C@H]1c1ncc(-c2ccc(-c3ccc(C4=CN=C([C@@H]5CCCN5C(=O)[C@@H]5CCC[C@H]5NC(=O)OC)C4)cc3)cc2)[nH]1. The molecule has 5 atom stereocenters. The molecule has 7 rings (SSSR count). The number of nitrogens with one attached hydrogen (secondary N) is 3. The van der Waals surface area contributed by atoms with Gasteiger partial charge in [0, 0.05) is 37.5 Å². The van der Waals surface area contributed by atoms with E-state index in [0.29, 0.717) is 19.5 Å². The van der Waals surface area contributed by atoms with Crippen molar-refractivity contribution in [2.75, 3.05) is 27.3 Å². The molecule has 53 heavy (non-hydrogen) atoms. The highest BCUT2D eigenvalue weighted by Gasteiger charge is 2.42. The third-order valence-electron chi connectivity index (χ3n) is 11.1. The Kier molecular flexibility index (Phi) is 10.6. The summed E-state index contributed by atoms with van der Waals surface area (Å²) in [6.45, 7) is 2.97. The van der Waals surface area contributed by atoms with Crippen molar-refractivity contribution in [1.29, 1.82) is 0 Å². The van der Waals surface area contributed by atoms with Crippen molar-refractivity contribution in [1.82, 2.24) is 30.4 Å². The van der Waals surface area contributed by atoms with E-state index in [0.717, 1.165) is 90.0 Å². The first kappa shape index (κ1) is 35.9. The van der Waals surface area contributed by atoms with Gasteiger partial charge in [0.1, 0.15) is 11.9 Å². The molecule has 1 saturated carbocycles. The first-order chi connectivity index (χ1) is 25.7. The van der Waals surface area contributed by atoms with Crippen LogP contribution >= 0.6 is 0 Å². The van der Waals surface area contributed by atoms with Gasteiger partial charge in [0.25, 0.3) is 0 Å². The summed E-state index contributed by atoms with van der Waals surface area (Å²) in [6, 6.07) is 15.7. The summed E-state index contributed by atoms with van der Waals surface area (Å²) in [5.41, 5.74) is 7.32. The Morgan fingerprint density at radius 3 is 2.13 bits per heavy atom. The van der Waals surface area contributed by atoms with E-state index in [4.69, 9.17) is 9.73 Å². The molecule has 3 N–H and O–H groups in total. The molecule has 278 valence electrons. The minimum Gasteiger partial charge on any atom is -0.453 e. The number of aliphatic imine (C=N–C) groups is 1. The molecule has 0 unspecified atom stereocenters. The lowest BCUT2D eigenvalue weighted by atomic mass is 9.95. The number of amides is 4. The molecule has 0 spiro atoms. The van der Waals surface area contributed by atoms with E-state index in [1.54, 1.807) is 18.0 Å². The van der Waals surface area contributed by atoms with Gasteiger partial charge in [0.05, 0.1) is 44.1 Å². The molecule has 4 heterocycles. The Morgan fingerprint density at radius 1 is 0.792 bits per heavy atom. The second kappa shape index (κ2) is 15.6. The highest BCUT2D eigenvalue weighted by molar-refractivity contribution is 6.03. The smallest absolute Gasteiger partial charge is 0.407 e. The zero-order chi connectivity index (χ0) is 37.1. The van der Waals surface area contributed by atoms with Crippen molar-refractivity contribution in [3.05, 3.63) is 72.3 Å². The third-order valence-corrected chi connectivity index (χ3v) is 11.1. The number of carbonyl (C=O) groups is 4. The fourth-order valence-corrected chi connectivity index (χ4v) is 8.29. The number of allylic oxidation sites excluding steroid dienone is 1. The summed E-state index contributed by atoms with van der Waals surface area (Å²) in [7, 11) is 2.62. The fourth-order valence-electron chi connectivity index (χ4n) is 8.29. The molecule has 13 nitrogen and oxygen atoms in total. The lowest BCUT2D eigenvalue weighted by Crippen LogP contribution is -2.48. The molecule has 3 aromatic rings. The van der Waals surface area contributed by atoms with E-state index in [2.05, 4.69) is 73.9 Å². The van der Waals surface area contributed by atoms with E-state index in [1.165, 1.54) is 14.2 Å². The predicted octanol–water partition coefficient (Wildman–Crippen LogP) is 5.85. The Labute approximate surface area is 309 Å². The Bertz CT molecular complexity index is 1900. The van der Waals surface area contributed by atoms with Gasteiger partial charge < -0.3 is 34.9 Å². The largest absolute Gasteiger partial charge is 0.453 e. The molecule has 13 heteroatoms. The number of H-pyrrole nitrogens is 1. The summed E-state index contributed by atoms with van der Waals surface area (Å²) in [6.07, 6.45) is 9.28. The van der Waals surface area contributed by atoms with Crippen LogP contribution in [0.1, 0.15) is 75.7 Å². The van der Waals surface area contributed by atoms with E-state index < -0.39 is 18.2 Å². The number of aromatic amines is 1. The van der Waals surface area contributed by atoms with Gasteiger partial charge in [-0.05, 0) is 73.3 Å². The number of benzene rings is 2. The zero-order valence-electron chi connectivity index (χ0n) is 30.5. The van der Waals surface area contributed by atoms with Crippen LogP contribution in [0.25, 0.3) is 28.0 Å². The first-order valence-electron chi connectivity index (χ1n) is 18.6. The van der Waals surface area contributed by atoms with E-state index in [-0.39, 0.29) is 35.9 Å². The van der Waals surface area contributed by atoms with Gasteiger partial charge in [0.15, 0.2) is 0 Å². The Morgan fingerprint density at radius 2 is 1.43 bits per heavy atom. The molecular weight excluding hydrogens is 674 g/mol. The molecule has 1 aliphatic carbocycles. The van der Waals surface area contributed by atoms with E-state index in [9.17, 15) is 19.2 Å². The minimum absolute atomic E-state index is 0.0157. The maximum atomic E-state index is 13.7. The molecular formula is C40H47N7O6. The topological polar surface area (TPSA) is 158 Å². The summed E-state index contributed by atoms with van der Waals surface area (Å²) in [5, 5.41) is 5.43. The van der Waals surface area contributed by atoms with Gasteiger partial charge in [-0.15, -0.1) is 0 Å². The van der Waals surface area contributed by atoms with Crippen molar-refractivity contribution in [2.45, 2.75) is 82.5 Å². The lowest BCUT2D eigenvalue weighted by Gasteiger charge is -2.30. The number of methoxy groups -OCH3 is 2. The van der Waals surface area contributed by atoms with Crippen LogP contribution < -0.4 is 10.6 Å². The van der Waals surface area contributed by atoms with E-state index >= 15 is 0 Å². The van der Waals surface area contributed by atoms with Crippen LogP contribution in [0.2, 0.25) is 0 Å². The predicted molar refractivity (Wildman–Crippen MR) is 200 cm³/mol. The van der Waals surface area contributed by atoms with Crippen LogP contribution in [-0.2, 0) is 19.1 Å². The van der Waals surface area contributed by atoms with Gasteiger partial charge in [0.2, 0.25) is 11.8 Å². The first-order valence-corrected chi connectivity index (χ1v) is 18.6. The summed E-state index contributed by atoms with van der Waals surface area (Å²) in [5.74, 6) is 0.447. The van der Waals surface area contributed by atoms with Crippen molar-refractivity contribution < 1.29 is 28.7 Å². The third kappa shape index (κ3) is 7.56. The summed E-state index contributed by atoms with van der Waals surface area (Å²) < 4.78 is 9.44. The standard InChI is InChI=1S/C40H47N7O6/c1-24(43-39(50)52-2)37(48)47-20-6-10-35(47)36-42-23-33(44-36)28-17-15-26(16-18-28)25-11-13-27(14-12-25)29-21-32(41-22-29)34-9-5-19-46(34)38(49)30-7-4-8-31(30)45-40(51)53-3/h11-18,22-24,30-31,34-35H,4-10,19-21H2,1-3H3,(H,42,44)(H,43,50)(H,45,51)/t24-,30+,31+,34-,35-/m0/s1.